The first-order valence-corrected chi connectivity index (χ1v) is 6.45. The summed E-state index contributed by atoms with van der Waals surface area (Å²) in [5.41, 5.74) is 9.71. The Hall–Kier alpha value is -2.36. The Morgan fingerprint density at radius 3 is 2.95 bits per heavy atom. The minimum Gasteiger partial charge on any atom is -0.399 e. The van der Waals surface area contributed by atoms with Crippen molar-refractivity contribution in [2.45, 2.75) is 19.9 Å². The van der Waals surface area contributed by atoms with E-state index in [0.717, 1.165) is 41.1 Å². The zero-order chi connectivity index (χ0) is 13.2. The third kappa shape index (κ3) is 2.05. The van der Waals surface area contributed by atoms with E-state index in [2.05, 4.69) is 21.5 Å². The molecule has 0 unspecified atom stereocenters. The van der Waals surface area contributed by atoms with Crippen molar-refractivity contribution in [3.05, 3.63) is 42.7 Å². The number of hydrogen-bond donors (Lipinski definition) is 1. The first-order chi connectivity index (χ1) is 9.29. The smallest absolute Gasteiger partial charge is 0.141 e. The summed E-state index contributed by atoms with van der Waals surface area (Å²) >= 11 is 0. The van der Waals surface area contributed by atoms with E-state index in [9.17, 15) is 0 Å². The number of benzene rings is 1. The lowest BCUT2D eigenvalue weighted by Gasteiger charge is -2.08. The molecule has 19 heavy (non-hydrogen) atoms. The van der Waals surface area contributed by atoms with Crippen LogP contribution >= 0.6 is 0 Å². The third-order valence-corrected chi connectivity index (χ3v) is 3.14. The number of nitrogens with two attached hydrogens (primary N) is 1. The first-order valence-electron chi connectivity index (χ1n) is 6.45. The number of rotatable bonds is 3. The molecule has 96 valence electrons. The molecule has 0 aliphatic heterocycles. The Morgan fingerprint density at radius 2 is 2.16 bits per heavy atom. The van der Waals surface area contributed by atoms with Gasteiger partial charge in [0.25, 0.3) is 0 Å². The van der Waals surface area contributed by atoms with Crippen LogP contribution in [0.25, 0.3) is 22.4 Å². The molecule has 0 spiro atoms. The van der Waals surface area contributed by atoms with Crippen LogP contribution in [0.3, 0.4) is 0 Å². The molecule has 2 heterocycles. The highest BCUT2D eigenvalue weighted by Crippen LogP contribution is 2.25. The zero-order valence-electron chi connectivity index (χ0n) is 10.9. The van der Waals surface area contributed by atoms with Crippen LogP contribution in [-0.4, -0.2) is 14.5 Å². The van der Waals surface area contributed by atoms with Gasteiger partial charge in [0.15, 0.2) is 0 Å². The number of fused-ring (bicyclic) bond motifs is 1. The minimum absolute atomic E-state index is 0.755. The van der Waals surface area contributed by atoms with Gasteiger partial charge in [-0.2, -0.15) is 0 Å². The van der Waals surface area contributed by atoms with Crippen LogP contribution in [0.1, 0.15) is 13.3 Å². The number of aromatic nitrogens is 3. The fourth-order valence-corrected chi connectivity index (χ4v) is 2.33. The molecule has 0 amide bonds. The van der Waals surface area contributed by atoms with Crippen LogP contribution in [0.2, 0.25) is 0 Å². The van der Waals surface area contributed by atoms with E-state index in [1.54, 1.807) is 12.4 Å². The Kier molecular flexibility index (Phi) is 2.91. The summed E-state index contributed by atoms with van der Waals surface area (Å²) in [6.45, 7) is 3.10. The lowest BCUT2D eigenvalue weighted by atomic mass is 10.2. The summed E-state index contributed by atoms with van der Waals surface area (Å²) in [4.78, 5) is 8.83. The maximum atomic E-state index is 5.86. The Bertz CT molecular complexity index is 715. The van der Waals surface area contributed by atoms with Gasteiger partial charge in [-0.05, 0) is 24.6 Å². The number of imidazole rings is 1. The number of aryl methyl sites for hydroxylation is 1. The van der Waals surface area contributed by atoms with Gasteiger partial charge < -0.3 is 10.3 Å². The van der Waals surface area contributed by atoms with Gasteiger partial charge in [-0.1, -0.05) is 19.1 Å². The van der Waals surface area contributed by atoms with Crippen molar-refractivity contribution < 1.29 is 0 Å². The summed E-state index contributed by atoms with van der Waals surface area (Å²) in [5.74, 6) is 0.956. The molecule has 0 saturated heterocycles. The highest BCUT2D eigenvalue weighted by Gasteiger charge is 2.11. The van der Waals surface area contributed by atoms with Crippen LogP contribution in [0.15, 0.2) is 42.7 Å². The summed E-state index contributed by atoms with van der Waals surface area (Å²) in [6, 6.07) is 9.85. The summed E-state index contributed by atoms with van der Waals surface area (Å²) in [5, 5.41) is 0. The summed E-state index contributed by atoms with van der Waals surface area (Å²) in [6.07, 6.45) is 4.67. The Labute approximate surface area is 111 Å². The normalized spacial score (nSPS) is 11.0. The van der Waals surface area contributed by atoms with Gasteiger partial charge in [0, 0.05) is 24.0 Å². The van der Waals surface area contributed by atoms with E-state index in [-0.39, 0.29) is 0 Å². The lowest BCUT2D eigenvalue weighted by molar-refractivity contribution is 0.704. The summed E-state index contributed by atoms with van der Waals surface area (Å²) < 4.78 is 2.23. The molecule has 3 aromatic rings. The van der Waals surface area contributed by atoms with Gasteiger partial charge in [-0.3, -0.25) is 4.98 Å². The molecular weight excluding hydrogens is 236 g/mol. The van der Waals surface area contributed by atoms with E-state index >= 15 is 0 Å². The van der Waals surface area contributed by atoms with Gasteiger partial charge >= 0.3 is 0 Å². The predicted octanol–water partition coefficient (Wildman–Crippen LogP) is 3.09. The average Bonchev–Trinajstić information content (AvgIpc) is 2.79. The van der Waals surface area contributed by atoms with Crippen molar-refractivity contribution in [3.63, 3.8) is 0 Å². The topological polar surface area (TPSA) is 56.7 Å². The molecule has 0 bridgehead atoms. The molecule has 4 nitrogen and oxygen atoms in total. The molecular formula is C15H16N4. The fourth-order valence-electron chi connectivity index (χ4n) is 2.33. The maximum absolute atomic E-state index is 5.86. The van der Waals surface area contributed by atoms with Gasteiger partial charge in [0.1, 0.15) is 11.3 Å². The van der Waals surface area contributed by atoms with Crippen LogP contribution in [0.5, 0.6) is 0 Å². The van der Waals surface area contributed by atoms with Crippen molar-refractivity contribution in [1.82, 2.24) is 14.5 Å². The van der Waals surface area contributed by atoms with Gasteiger partial charge in [0.05, 0.1) is 11.7 Å². The standard InChI is InChI=1S/C15H16N4/c1-2-8-19-14-6-7-17-10-13(14)18-15(19)11-4-3-5-12(16)9-11/h3-7,9-10H,2,8,16H2,1H3. The van der Waals surface area contributed by atoms with Crippen molar-refractivity contribution >= 4 is 16.7 Å². The highest BCUT2D eigenvalue weighted by atomic mass is 15.1. The fraction of sp³-hybridized carbons (Fsp3) is 0.200. The van der Waals surface area contributed by atoms with Gasteiger partial charge in [-0.25, -0.2) is 4.98 Å². The van der Waals surface area contributed by atoms with Crippen LogP contribution in [0, 0.1) is 0 Å². The summed E-state index contributed by atoms with van der Waals surface area (Å²) in [7, 11) is 0. The maximum Gasteiger partial charge on any atom is 0.141 e. The minimum atomic E-state index is 0.755. The number of nitrogen functional groups attached to an aromatic ring is 1. The Morgan fingerprint density at radius 1 is 1.26 bits per heavy atom. The lowest BCUT2D eigenvalue weighted by Crippen LogP contribution is -2.00. The van der Waals surface area contributed by atoms with Crippen molar-refractivity contribution in [2.24, 2.45) is 0 Å². The third-order valence-electron chi connectivity index (χ3n) is 3.14. The molecule has 1 aromatic carbocycles. The van der Waals surface area contributed by atoms with Crippen LogP contribution in [-0.2, 0) is 6.54 Å². The van der Waals surface area contributed by atoms with E-state index < -0.39 is 0 Å². The highest BCUT2D eigenvalue weighted by molar-refractivity contribution is 5.80. The quantitative estimate of drug-likeness (QED) is 0.729. The van der Waals surface area contributed by atoms with E-state index in [1.807, 2.05) is 30.3 Å². The predicted molar refractivity (Wildman–Crippen MR) is 77.7 cm³/mol. The zero-order valence-corrected chi connectivity index (χ0v) is 10.9. The van der Waals surface area contributed by atoms with Crippen LogP contribution in [0.4, 0.5) is 5.69 Å². The number of anilines is 1. The molecule has 3 rings (SSSR count). The number of hydrogen-bond acceptors (Lipinski definition) is 3. The van der Waals surface area contributed by atoms with E-state index in [1.165, 1.54) is 0 Å². The molecule has 2 aromatic heterocycles. The average molecular weight is 252 g/mol. The molecule has 0 radical (unpaired) electrons. The first kappa shape index (κ1) is 11.7. The number of pyridine rings is 1. The Balaban J connectivity index is 2.25. The molecule has 0 aliphatic rings. The van der Waals surface area contributed by atoms with Crippen molar-refractivity contribution in [3.8, 4) is 11.4 Å². The second-order valence-corrected chi connectivity index (χ2v) is 4.58. The van der Waals surface area contributed by atoms with E-state index in [0.29, 0.717) is 0 Å². The number of nitrogens with zero attached hydrogens (tertiary/aromatic N) is 3. The van der Waals surface area contributed by atoms with E-state index in [4.69, 9.17) is 5.73 Å². The second-order valence-electron chi connectivity index (χ2n) is 4.58. The molecule has 0 fully saturated rings. The van der Waals surface area contributed by atoms with Gasteiger partial charge in [0.2, 0.25) is 0 Å². The second kappa shape index (κ2) is 4.72. The largest absolute Gasteiger partial charge is 0.399 e. The van der Waals surface area contributed by atoms with Gasteiger partial charge in [-0.15, -0.1) is 0 Å². The molecule has 0 atom stereocenters. The molecule has 0 saturated carbocycles. The molecule has 4 heteroatoms. The van der Waals surface area contributed by atoms with Crippen LogP contribution < -0.4 is 5.73 Å². The van der Waals surface area contributed by atoms with Crippen molar-refractivity contribution in [1.29, 1.82) is 0 Å². The van der Waals surface area contributed by atoms with Crippen molar-refractivity contribution in [2.75, 3.05) is 5.73 Å². The molecule has 0 aliphatic carbocycles. The molecule has 2 N–H and O–H groups in total. The monoisotopic (exact) mass is 252 g/mol. The SMILES string of the molecule is CCCn1c(-c2cccc(N)c2)nc2cnccc21.